The second kappa shape index (κ2) is 4.31. The number of pyridine rings is 2. The molecule has 2 aromatic heterocycles. The van der Waals surface area contributed by atoms with Crippen LogP contribution in [0.15, 0.2) is 21.7 Å². The highest BCUT2D eigenvalue weighted by Gasteiger charge is 2.28. The van der Waals surface area contributed by atoms with Gasteiger partial charge in [-0.05, 0) is 13.0 Å². The minimum Gasteiger partial charge on any atom is -0.494 e. The maximum Gasteiger partial charge on any atom is 0.252 e. The Kier molecular flexibility index (Phi) is 2.58. The lowest BCUT2D eigenvalue weighted by atomic mass is 10.1. The van der Waals surface area contributed by atoms with Crippen LogP contribution in [0.25, 0.3) is 21.8 Å². The Morgan fingerprint density at radius 1 is 1.35 bits per heavy atom. The molecule has 2 N–H and O–H groups in total. The number of H-pyrrole nitrogens is 1. The first-order valence-electron chi connectivity index (χ1n) is 6.85. The second-order valence-electron chi connectivity index (χ2n) is 5.50. The average molecular weight is 320 g/mol. The monoisotopic (exact) mass is 320 g/mol. The average Bonchev–Trinajstić information content (AvgIpc) is 2.48. The first kappa shape index (κ1) is 13.7. The number of aromatic amines is 1. The topological polar surface area (TPSA) is 84.3 Å². The molecule has 23 heavy (non-hydrogen) atoms. The van der Waals surface area contributed by atoms with Crippen LogP contribution in [0.2, 0.25) is 0 Å². The summed E-state index contributed by atoms with van der Waals surface area (Å²) in [5, 5.41) is 9.67. The molecule has 1 atom stereocenters. The van der Waals surface area contributed by atoms with Crippen LogP contribution in [0.3, 0.4) is 0 Å². The second-order valence-corrected chi connectivity index (χ2v) is 5.50. The lowest BCUT2D eigenvalue weighted by Crippen LogP contribution is -2.26. The molecule has 0 bridgehead atoms. The maximum atomic E-state index is 14.0. The fourth-order valence-electron chi connectivity index (χ4n) is 3.08. The molecule has 0 spiro atoms. The summed E-state index contributed by atoms with van der Waals surface area (Å²) in [6.45, 7) is 1.78. The predicted octanol–water partition coefficient (Wildman–Crippen LogP) is 1.78. The zero-order chi connectivity index (χ0) is 16.5. The molecule has 1 aliphatic heterocycles. The number of nitrogens with zero attached hydrogens (tertiary/aromatic N) is 1. The van der Waals surface area contributed by atoms with Gasteiger partial charge in [-0.25, -0.2) is 4.39 Å². The van der Waals surface area contributed by atoms with Crippen molar-refractivity contribution in [3.05, 3.63) is 44.3 Å². The van der Waals surface area contributed by atoms with Gasteiger partial charge in [0, 0.05) is 6.07 Å². The number of halogens is 2. The Morgan fingerprint density at radius 2 is 2.09 bits per heavy atom. The summed E-state index contributed by atoms with van der Waals surface area (Å²) < 4.78 is 34.6. The van der Waals surface area contributed by atoms with Gasteiger partial charge in [-0.3, -0.25) is 14.6 Å². The SMILES string of the molecule is CC1COc2c(F)c(F)cc3c(=O)c4c(O)[nH]c(=O)cc4n1c23. The van der Waals surface area contributed by atoms with E-state index in [4.69, 9.17) is 4.74 Å². The van der Waals surface area contributed by atoms with Crippen molar-refractivity contribution < 1.29 is 18.6 Å². The maximum absolute atomic E-state index is 14.0. The third-order valence-corrected chi connectivity index (χ3v) is 4.03. The molecule has 0 saturated heterocycles. The number of fused-ring (bicyclic) bond motifs is 2. The number of rotatable bonds is 0. The zero-order valence-corrected chi connectivity index (χ0v) is 11.8. The summed E-state index contributed by atoms with van der Waals surface area (Å²) in [5.41, 5.74) is -1.10. The third kappa shape index (κ3) is 1.65. The highest BCUT2D eigenvalue weighted by atomic mass is 19.2. The molecule has 0 radical (unpaired) electrons. The number of hydrogen-bond donors (Lipinski definition) is 2. The Balaban J connectivity index is 2.43. The summed E-state index contributed by atoms with van der Waals surface area (Å²) in [5.74, 6) is -3.37. The molecule has 1 aromatic carbocycles. The van der Waals surface area contributed by atoms with E-state index in [1.165, 1.54) is 4.57 Å². The van der Waals surface area contributed by atoms with Crippen LogP contribution >= 0.6 is 0 Å². The molecule has 6 nitrogen and oxygen atoms in total. The van der Waals surface area contributed by atoms with E-state index >= 15 is 0 Å². The number of aromatic hydroxyl groups is 1. The van der Waals surface area contributed by atoms with E-state index in [0.29, 0.717) is 0 Å². The largest absolute Gasteiger partial charge is 0.494 e. The van der Waals surface area contributed by atoms with Gasteiger partial charge in [0.25, 0.3) is 5.56 Å². The number of benzene rings is 1. The quantitative estimate of drug-likeness (QED) is 0.618. The molecule has 0 amide bonds. The van der Waals surface area contributed by atoms with Crippen molar-refractivity contribution in [3.63, 3.8) is 0 Å². The van der Waals surface area contributed by atoms with E-state index in [-0.39, 0.29) is 40.2 Å². The van der Waals surface area contributed by atoms with Gasteiger partial charge in [-0.2, -0.15) is 4.39 Å². The summed E-state index contributed by atoms with van der Waals surface area (Å²) >= 11 is 0. The predicted molar refractivity (Wildman–Crippen MR) is 78.1 cm³/mol. The fourth-order valence-corrected chi connectivity index (χ4v) is 3.08. The summed E-state index contributed by atoms with van der Waals surface area (Å²) in [6.07, 6.45) is 0. The highest BCUT2D eigenvalue weighted by Crippen LogP contribution is 2.37. The van der Waals surface area contributed by atoms with Crippen LogP contribution in [0, 0.1) is 11.6 Å². The van der Waals surface area contributed by atoms with Crippen LogP contribution < -0.4 is 15.7 Å². The number of aromatic nitrogens is 2. The molecular formula is C15H10F2N2O4. The lowest BCUT2D eigenvalue weighted by molar-refractivity contribution is 0.236. The van der Waals surface area contributed by atoms with E-state index < -0.39 is 28.5 Å². The summed E-state index contributed by atoms with van der Waals surface area (Å²) in [4.78, 5) is 26.4. The number of ether oxygens (including phenoxy) is 1. The van der Waals surface area contributed by atoms with Gasteiger partial charge in [0.2, 0.25) is 17.1 Å². The molecule has 3 aromatic rings. The lowest BCUT2D eigenvalue weighted by Gasteiger charge is -2.28. The van der Waals surface area contributed by atoms with E-state index in [1.54, 1.807) is 6.92 Å². The van der Waals surface area contributed by atoms with Crippen LogP contribution in [0.4, 0.5) is 8.78 Å². The van der Waals surface area contributed by atoms with Gasteiger partial charge in [-0.1, -0.05) is 0 Å². The first-order chi connectivity index (χ1) is 10.9. The molecule has 0 aliphatic carbocycles. The summed E-state index contributed by atoms with van der Waals surface area (Å²) in [7, 11) is 0. The van der Waals surface area contributed by atoms with Gasteiger partial charge in [0.15, 0.2) is 11.6 Å². The Morgan fingerprint density at radius 3 is 2.83 bits per heavy atom. The van der Waals surface area contributed by atoms with Crippen molar-refractivity contribution in [1.29, 1.82) is 0 Å². The smallest absolute Gasteiger partial charge is 0.252 e. The zero-order valence-electron chi connectivity index (χ0n) is 11.8. The van der Waals surface area contributed by atoms with Crippen molar-refractivity contribution in [2.45, 2.75) is 13.0 Å². The van der Waals surface area contributed by atoms with Crippen molar-refractivity contribution in [2.24, 2.45) is 0 Å². The van der Waals surface area contributed by atoms with E-state index in [1.807, 2.05) is 0 Å². The Bertz CT molecular complexity index is 1120. The molecule has 0 saturated carbocycles. The normalized spacial score (nSPS) is 16.7. The highest BCUT2D eigenvalue weighted by molar-refractivity contribution is 5.98. The molecule has 8 heteroatoms. The van der Waals surface area contributed by atoms with Gasteiger partial charge in [0.1, 0.15) is 12.0 Å². The van der Waals surface area contributed by atoms with Crippen molar-refractivity contribution >= 4 is 21.8 Å². The number of hydrogen-bond acceptors (Lipinski definition) is 4. The van der Waals surface area contributed by atoms with Gasteiger partial charge in [-0.15, -0.1) is 0 Å². The molecule has 118 valence electrons. The third-order valence-electron chi connectivity index (χ3n) is 4.03. The van der Waals surface area contributed by atoms with Gasteiger partial charge in [0.05, 0.1) is 22.5 Å². The van der Waals surface area contributed by atoms with Crippen molar-refractivity contribution in [1.82, 2.24) is 9.55 Å². The van der Waals surface area contributed by atoms with Gasteiger partial charge >= 0.3 is 0 Å². The fraction of sp³-hybridized carbons (Fsp3) is 0.200. The molecule has 1 unspecified atom stereocenters. The Hall–Kier alpha value is -2.90. The Labute approximate surface area is 126 Å². The van der Waals surface area contributed by atoms with Crippen molar-refractivity contribution in [2.75, 3.05) is 6.61 Å². The van der Waals surface area contributed by atoms with Crippen molar-refractivity contribution in [3.8, 4) is 11.6 Å². The molecule has 4 rings (SSSR count). The molecule has 3 heterocycles. The van der Waals surface area contributed by atoms with Crippen LogP contribution in [-0.4, -0.2) is 21.3 Å². The molecule has 0 fully saturated rings. The minimum atomic E-state index is -1.21. The first-order valence-corrected chi connectivity index (χ1v) is 6.85. The van der Waals surface area contributed by atoms with E-state index in [9.17, 15) is 23.5 Å². The van der Waals surface area contributed by atoms with Gasteiger partial charge < -0.3 is 14.4 Å². The van der Waals surface area contributed by atoms with Crippen LogP contribution in [0.1, 0.15) is 13.0 Å². The van der Waals surface area contributed by atoms with E-state index in [2.05, 4.69) is 4.98 Å². The summed E-state index contributed by atoms with van der Waals surface area (Å²) in [6, 6.07) is 1.57. The standard InChI is InChI=1S/C15H10F2N2O4/c1-5-4-23-14-11(17)7(16)2-6-12(14)19(5)8-3-9(20)18-15(22)10(8)13(6)21/h2-3,5H,4H2,1H3,(H2,18,20,22). The molecular weight excluding hydrogens is 310 g/mol. The number of nitrogens with one attached hydrogen (secondary N) is 1. The van der Waals surface area contributed by atoms with Crippen LogP contribution in [-0.2, 0) is 0 Å². The van der Waals surface area contributed by atoms with E-state index in [0.717, 1.165) is 12.1 Å². The molecule has 1 aliphatic rings. The minimum absolute atomic E-state index is 0.0357. The van der Waals surface area contributed by atoms with Crippen LogP contribution in [0.5, 0.6) is 11.6 Å².